The predicted molar refractivity (Wildman–Crippen MR) is 74.6 cm³/mol. The van der Waals surface area contributed by atoms with Crippen molar-refractivity contribution < 1.29 is 15.1 Å². The van der Waals surface area contributed by atoms with Crippen LogP contribution in [-0.4, -0.2) is 38.9 Å². The van der Waals surface area contributed by atoms with Gasteiger partial charge in [-0.2, -0.15) is 0 Å². The average molecular weight is 277 g/mol. The van der Waals surface area contributed by atoms with Crippen LogP contribution in [0.3, 0.4) is 0 Å². The Labute approximate surface area is 115 Å². The molecule has 1 heterocycles. The molecule has 0 saturated heterocycles. The van der Waals surface area contributed by atoms with Crippen molar-refractivity contribution in [1.29, 1.82) is 0 Å². The van der Waals surface area contributed by atoms with Crippen molar-refractivity contribution in [2.45, 2.75) is 12.5 Å². The van der Waals surface area contributed by atoms with E-state index in [0.29, 0.717) is 10.9 Å². The van der Waals surface area contributed by atoms with Gasteiger partial charge in [0.05, 0.1) is 17.0 Å². The van der Waals surface area contributed by atoms with Gasteiger partial charge in [-0.15, -0.1) is 0 Å². The van der Waals surface area contributed by atoms with E-state index in [1.54, 1.807) is 24.3 Å². The minimum atomic E-state index is -1.36. The van der Waals surface area contributed by atoms with Crippen LogP contribution in [-0.2, 0) is 0 Å². The molecule has 7 heteroatoms. The van der Waals surface area contributed by atoms with Crippen LogP contribution in [0.1, 0.15) is 6.92 Å². The van der Waals surface area contributed by atoms with Crippen LogP contribution in [0.5, 0.6) is 0 Å². The lowest BCUT2D eigenvalue weighted by molar-refractivity contribution is -0.384. The molecule has 3 N–H and O–H groups in total. The van der Waals surface area contributed by atoms with E-state index >= 15 is 0 Å². The third-order valence-corrected chi connectivity index (χ3v) is 2.94. The number of benzene rings is 1. The molecule has 106 valence electrons. The number of nitro groups is 1. The van der Waals surface area contributed by atoms with E-state index in [9.17, 15) is 15.2 Å². The highest BCUT2D eigenvalue weighted by molar-refractivity contribution is 5.95. The smallest absolute Gasteiger partial charge is 0.311 e. The number of hydrogen-bond donors (Lipinski definition) is 3. The first-order chi connectivity index (χ1) is 9.44. The molecule has 1 unspecified atom stereocenters. The second-order valence-electron chi connectivity index (χ2n) is 4.80. The number of para-hydroxylation sites is 1. The first-order valence-electron chi connectivity index (χ1n) is 6.04. The van der Waals surface area contributed by atoms with Crippen molar-refractivity contribution in [3.63, 3.8) is 0 Å². The maximum absolute atomic E-state index is 11.1. The Balaban J connectivity index is 2.47. The van der Waals surface area contributed by atoms with E-state index in [-0.39, 0.29) is 17.9 Å². The Morgan fingerprint density at radius 3 is 2.80 bits per heavy atom. The third-order valence-electron chi connectivity index (χ3n) is 2.94. The van der Waals surface area contributed by atoms with Gasteiger partial charge >= 0.3 is 5.69 Å². The van der Waals surface area contributed by atoms with E-state index in [1.165, 1.54) is 13.1 Å². The van der Waals surface area contributed by atoms with Gasteiger partial charge in [-0.05, 0) is 13.0 Å². The number of nitrogens with one attached hydrogen (secondary N) is 1. The summed E-state index contributed by atoms with van der Waals surface area (Å²) in [6.45, 7) is 0.977. The number of hydrogen-bond acceptors (Lipinski definition) is 6. The molecular weight excluding hydrogens is 262 g/mol. The van der Waals surface area contributed by atoms with E-state index in [1.807, 2.05) is 0 Å². The van der Waals surface area contributed by atoms with Gasteiger partial charge in [0.2, 0.25) is 0 Å². The largest absolute Gasteiger partial charge is 0.393 e. The van der Waals surface area contributed by atoms with Gasteiger partial charge in [0.15, 0.2) is 0 Å². The molecule has 2 rings (SSSR count). The lowest BCUT2D eigenvalue weighted by Crippen LogP contribution is -2.37. The Bertz CT molecular complexity index is 643. The number of nitrogens with zero attached hydrogens (tertiary/aromatic N) is 2. The van der Waals surface area contributed by atoms with Crippen LogP contribution in [0.4, 0.5) is 11.4 Å². The monoisotopic (exact) mass is 277 g/mol. The Morgan fingerprint density at radius 1 is 1.45 bits per heavy atom. The molecule has 0 aliphatic rings. The predicted octanol–water partition coefficient (Wildman–Crippen LogP) is 1.30. The normalized spacial score (nSPS) is 13.9. The third kappa shape index (κ3) is 2.84. The van der Waals surface area contributed by atoms with E-state index in [4.69, 9.17) is 5.11 Å². The summed E-state index contributed by atoms with van der Waals surface area (Å²) < 4.78 is 0. The first-order valence-corrected chi connectivity index (χ1v) is 6.04. The standard InChI is InChI=1S/C13H15N3O4/c1-13(18,8-17)7-15-12-9-4-2-3-5-10(9)14-6-11(12)16(19)20/h2-6,17-18H,7-8H2,1H3,(H,14,15). The van der Waals surface area contributed by atoms with Crippen molar-refractivity contribution >= 4 is 22.3 Å². The van der Waals surface area contributed by atoms with Gasteiger partial charge in [-0.1, -0.05) is 18.2 Å². The van der Waals surface area contributed by atoms with Gasteiger partial charge in [0, 0.05) is 11.9 Å². The van der Waals surface area contributed by atoms with Crippen molar-refractivity contribution in [2.75, 3.05) is 18.5 Å². The molecule has 0 aliphatic carbocycles. The van der Waals surface area contributed by atoms with Crippen molar-refractivity contribution in [2.24, 2.45) is 0 Å². The molecule has 0 spiro atoms. The minimum absolute atomic E-state index is 0.0155. The van der Waals surface area contributed by atoms with Gasteiger partial charge in [-0.3, -0.25) is 10.1 Å². The van der Waals surface area contributed by atoms with Crippen LogP contribution in [0, 0.1) is 10.1 Å². The highest BCUT2D eigenvalue weighted by atomic mass is 16.6. The van der Waals surface area contributed by atoms with Crippen LogP contribution in [0.15, 0.2) is 30.5 Å². The fraction of sp³-hybridized carbons (Fsp3) is 0.308. The van der Waals surface area contributed by atoms with Crippen molar-refractivity contribution in [3.05, 3.63) is 40.6 Å². The Morgan fingerprint density at radius 2 is 2.15 bits per heavy atom. The molecule has 1 aromatic carbocycles. The second-order valence-corrected chi connectivity index (χ2v) is 4.80. The summed E-state index contributed by atoms with van der Waals surface area (Å²) in [5, 5.41) is 33.3. The summed E-state index contributed by atoms with van der Waals surface area (Å²) in [5.74, 6) is 0. The minimum Gasteiger partial charge on any atom is -0.393 e. The molecule has 0 bridgehead atoms. The molecule has 2 aromatic rings. The molecule has 20 heavy (non-hydrogen) atoms. The summed E-state index contributed by atoms with van der Waals surface area (Å²) in [7, 11) is 0. The fourth-order valence-corrected chi connectivity index (χ4v) is 1.79. The van der Waals surface area contributed by atoms with Gasteiger partial charge in [0.1, 0.15) is 17.5 Å². The topological polar surface area (TPSA) is 109 Å². The van der Waals surface area contributed by atoms with E-state index in [2.05, 4.69) is 10.3 Å². The Hall–Kier alpha value is -2.25. The summed E-state index contributed by atoms with van der Waals surface area (Å²) >= 11 is 0. The average Bonchev–Trinajstić information content (AvgIpc) is 2.44. The number of fused-ring (bicyclic) bond motifs is 1. The number of anilines is 1. The molecule has 0 aliphatic heterocycles. The van der Waals surface area contributed by atoms with Gasteiger partial charge in [0.25, 0.3) is 0 Å². The number of pyridine rings is 1. The van der Waals surface area contributed by atoms with Crippen molar-refractivity contribution in [1.82, 2.24) is 4.98 Å². The summed E-state index contributed by atoms with van der Waals surface area (Å²) in [4.78, 5) is 14.6. The molecule has 0 fully saturated rings. The fourth-order valence-electron chi connectivity index (χ4n) is 1.79. The maximum atomic E-state index is 11.1. The Kier molecular flexibility index (Phi) is 3.82. The van der Waals surface area contributed by atoms with Gasteiger partial charge < -0.3 is 15.5 Å². The molecule has 0 amide bonds. The van der Waals surface area contributed by atoms with Crippen LogP contribution < -0.4 is 5.32 Å². The zero-order valence-electron chi connectivity index (χ0n) is 10.9. The molecular formula is C13H15N3O4. The van der Waals surface area contributed by atoms with Crippen molar-refractivity contribution in [3.8, 4) is 0 Å². The highest BCUT2D eigenvalue weighted by Gasteiger charge is 2.23. The zero-order valence-corrected chi connectivity index (χ0v) is 10.9. The number of aromatic nitrogens is 1. The lowest BCUT2D eigenvalue weighted by atomic mass is 10.1. The van der Waals surface area contributed by atoms with Crippen LogP contribution >= 0.6 is 0 Å². The quantitative estimate of drug-likeness (QED) is 0.561. The second kappa shape index (κ2) is 5.40. The zero-order chi connectivity index (χ0) is 14.8. The molecule has 1 aromatic heterocycles. The molecule has 7 nitrogen and oxygen atoms in total. The first kappa shape index (κ1) is 14.2. The molecule has 1 atom stereocenters. The lowest BCUT2D eigenvalue weighted by Gasteiger charge is -2.21. The number of aliphatic hydroxyl groups excluding tert-OH is 1. The number of aliphatic hydroxyl groups is 2. The highest BCUT2D eigenvalue weighted by Crippen LogP contribution is 2.31. The van der Waals surface area contributed by atoms with Gasteiger partial charge in [-0.25, -0.2) is 4.98 Å². The summed E-state index contributed by atoms with van der Waals surface area (Å²) in [5.41, 5.74) is -0.630. The summed E-state index contributed by atoms with van der Waals surface area (Å²) in [6, 6.07) is 7.00. The summed E-state index contributed by atoms with van der Waals surface area (Å²) in [6.07, 6.45) is 1.18. The number of rotatable bonds is 5. The van der Waals surface area contributed by atoms with E-state index in [0.717, 1.165) is 0 Å². The molecule has 0 radical (unpaired) electrons. The van der Waals surface area contributed by atoms with Crippen LogP contribution in [0.2, 0.25) is 0 Å². The SMILES string of the molecule is CC(O)(CO)CNc1c([N+](=O)[O-])cnc2ccccc12. The molecule has 0 saturated carbocycles. The van der Waals surface area contributed by atoms with E-state index < -0.39 is 17.1 Å². The van der Waals surface area contributed by atoms with Crippen LogP contribution in [0.25, 0.3) is 10.9 Å². The maximum Gasteiger partial charge on any atom is 0.311 e.